The van der Waals surface area contributed by atoms with Gasteiger partial charge in [0.05, 0.1) is 5.52 Å². The number of nitrogens with one attached hydrogen (secondary N) is 1. The molecular formula is C20H18N3O3P. The maximum Gasteiger partial charge on any atom is 0.344 e. The molecule has 7 heteroatoms. The summed E-state index contributed by atoms with van der Waals surface area (Å²) in [6, 6.07) is 21.4. The predicted molar refractivity (Wildman–Crippen MR) is 110 cm³/mol. The summed E-state index contributed by atoms with van der Waals surface area (Å²) >= 11 is 0. The van der Waals surface area contributed by atoms with Crippen LogP contribution in [0.1, 0.15) is 0 Å². The number of nitrogen functional groups attached to an aromatic ring is 1. The summed E-state index contributed by atoms with van der Waals surface area (Å²) in [5, 5.41) is 5.76. The Morgan fingerprint density at radius 3 is 2.52 bits per heavy atom. The number of aromatic nitrogens is 1. The zero-order valence-electron chi connectivity index (χ0n) is 14.3. The highest BCUT2D eigenvalue weighted by Gasteiger charge is 2.14. The minimum Gasteiger partial charge on any atom is -0.399 e. The first kappa shape index (κ1) is 17.5. The van der Waals surface area contributed by atoms with E-state index in [2.05, 4.69) is 16.4 Å². The fourth-order valence-corrected chi connectivity index (χ4v) is 3.57. The van der Waals surface area contributed by atoms with Crippen LogP contribution in [0.5, 0.6) is 0 Å². The van der Waals surface area contributed by atoms with Gasteiger partial charge in [0, 0.05) is 16.6 Å². The van der Waals surface area contributed by atoms with Gasteiger partial charge in [0.15, 0.2) is 0 Å². The van der Waals surface area contributed by atoms with Crippen molar-refractivity contribution >= 4 is 40.8 Å². The Hall–Kier alpha value is -2.92. The molecule has 3 aromatic carbocycles. The van der Waals surface area contributed by atoms with E-state index in [4.69, 9.17) is 15.5 Å². The van der Waals surface area contributed by atoms with Gasteiger partial charge < -0.3 is 20.8 Å². The predicted octanol–water partition coefficient (Wildman–Crippen LogP) is 4.18. The van der Waals surface area contributed by atoms with Gasteiger partial charge >= 0.3 is 7.60 Å². The molecule has 0 saturated heterocycles. The first-order chi connectivity index (χ1) is 12.9. The molecule has 0 fully saturated rings. The SMILES string of the molecule is Nc1cc(-c2cccc3ccccc23)c2nc(NCP(=O)(O)O)ccc2c1. The van der Waals surface area contributed by atoms with Crippen molar-refractivity contribution in [1.29, 1.82) is 0 Å². The summed E-state index contributed by atoms with van der Waals surface area (Å²) in [7, 11) is -4.17. The minimum absolute atomic E-state index is 0.400. The Morgan fingerprint density at radius 2 is 1.70 bits per heavy atom. The van der Waals surface area contributed by atoms with E-state index in [9.17, 15) is 4.57 Å². The second-order valence-corrected chi connectivity index (χ2v) is 8.01. The number of nitrogens with zero attached hydrogens (tertiary/aromatic N) is 1. The van der Waals surface area contributed by atoms with Crippen LogP contribution in [0.2, 0.25) is 0 Å². The van der Waals surface area contributed by atoms with Crippen molar-refractivity contribution in [3.63, 3.8) is 0 Å². The number of hydrogen-bond acceptors (Lipinski definition) is 4. The van der Waals surface area contributed by atoms with Crippen molar-refractivity contribution in [3.8, 4) is 11.1 Å². The molecule has 6 nitrogen and oxygen atoms in total. The summed E-state index contributed by atoms with van der Waals surface area (Å²) in [5.74, 6) is 0.400. The molecule has 0 bridgehead atoms. The van der Waals surface area contributed by atoms with E-state index in [0.717, 1.165) is 32.8 Å². The third-order valence-electron chi connectivity index (χ3n) is 4.36. The van der Waals surface area contributed by atoms with Gasteiger partial charge in [-0.15, -0.1) is 0 Å². The van der Waals surface area contributed by atoms with Gasteiger partial charge in [-0.3, -0.25) is 4.57 Å². The largest absolute Gasteiger partial charge is 0.399 e. The summed E-state index contributed by atoms with van der Waals surface area (Å²) in [4.78, 5) is 22.8. The molecule has 0 amide bonds. The number of nitrogens with two attached hydrogens (primary N) is 1. The van der Waals surface area contributed by atoms with Crippen LogP contribution >= 0.6 is 7.60 Å². The first-order valence-electron chi connectivity index (χ1n) is 8.37. The molecule has 4 aromatic rings. The fourth-order valence-electron chi connectivity index (χ4n) is 3.21. The summed E-state index contributed by atoms with van der Waals surface area (Å²) in [6.45, 7) is 0. The lowest BCUT2D eigenvalue weighted by Gasteiger charge is -2.13. The normalized spacial score (nSPS) is 11.8. The second-order valence-electron chi connectivity index (χ2n) is 6.36. The van der Waals surface area contributed by atoms with Gasteiger partial charge in [0.25, 0.3) is 0 Å². The standard InChI is InChI=1S/C20H18N3O3P/c21-15-10-14-8-9-19(22-12-27(24,25)26)23-20(14)18(11-15)17-7-3-5-13-4-1-2-6-16(13)17/h1-11H,12,21H2,(H,22,23)(H2,24,25,26). The molecule has 4 rings (SSSR count). The molecule has 0 saturated carbocycles. The van der Waals surface area contributed by atoms with Crippen molar-refractivity contribution < 1.29 is 14.4 Å². The molecule has 0 radical (unpaired) electrons. The van der Waals surface area contributed by atoms with Crippen molar-refractivity contribution in [2.24, 2.45) is 0 Å². The average molecular weight is 379 g/mol. The number of benzene rings is 3. The number of fused-ring (bicyclic) bond motifs is 2. The van der Waals surface area contributed by atoms with E-state index in [-0.39, 0.29) is 0 Å². The van der Waals surface area contributed by atoms with Crippen LogP contribution in [0.25, 0.3) is 32.8 Å². The molecule has 5 N–H and O–H groups in total. The maximum atomic E-state index is 11.1. The topological polar surface area (TPSA) is 108 Å². The highest BCUT2D eigenvalue weighted by Crippen LogP contribution is 2.36. The quantitative estimate of drug-likeness (QED) is 0.313. The second kappa shape index (κ2) is 6.67. The molecule has 0 atom stereocenters. The minimum atomic E-state index is -4.17. The van der Waals surface area contributed by atoms with E-state index in [1.165, 1.54) is 0 Å². The van der Waals surface area contributed by atoms with Gasteiger partial charge in [0.1, 0.15) is 12.1 Å². The van der Waals surface area contributed by atoms with Crippen LogP contribution in [-0.4, -0.2) is 21.1 Å². The van der Waals surface area contributed by atoms with Crippen LogP contribution in [0, 0.1) is 0 Å². The van der Waals surface area contributed by atoms with Crippen molar-refractivity contribution in [2.45, 2.75) is 0 Å². The van der Waals surface area contributed by atoms with Crippen LogP contribution in [0.15, 0.2) is 66.7 Å². The molecule has 27 heavy (non-hydrogen) atoms. The summed E-state index contributed by atoms with van der Waals surface area (Å²) in [6.07, 6.45) is -0.468. The molecule has 0 spiro atoms. The van der Waals surface area contributed by atoms with Gasteiger partial charge in [-0.1, -0.05) is 42.5 Å². The van der Waals surface area contributed by atoms with Crippen molar-refractivity contribution in [1.82, 2.24) is 4.98 Å². The monoisotopic (exact) mass is 379 g/mol. The summed E-state index contributed by atoms with van der Waals surface area (Å²) in [5.41, 5.74) is 9.34. The van der Waals surface area contributed by atoms with Gasteiger partial charge in [0.2, 0.25) is 0 Å². The number of anilines is 2. The fraction of sp³-hybridized carbons (Fsp3) is 0.0500. The lowest BCUT2D eigenvalue weighted by Crippen LogP contribution is -2.04. The number of pyridine rings is 1. The molecule has 0 unspecified atom stereocenters. The van der Waals surface area contributed by atoms with Gasteiger partial charge in [-0.05, 0) is 40.6 Å². The molecule has 1 aromatic heterocycles. The Bertz CT molecular complexity index is 1200. The van der Waals surface area contributed by atoms with E-state index >= 15 is 0 Å². The van der Waals surface area contributed by atoms with Crippen LogP contribution < -0.4 is 11.1 Å². The first-order valence-corrected chi connectivity index (χ1v) is 10.2. The van der Waals surface area contributed by atoms with Crippen LogP contribution in [0.4, 0.5) is 11.5 Å². The highest BCUT2D eigenvalue weighted by molar-refractivity contribution is 7.51. The average Bonchev–Trinajstić information content (AvgIpc) is 2.65. The van der Waals surface area contributed by atoms with Crippen LogP contribution in [0.3, 0.4) is 0 Å². The van der Waals surface area contributed by atoms with Gasteiger partial charge in [-0.2, -0.15) is 0 Å². The van der Waals surface area contributed by atoms with E-state index in [1.807, 2.05) is 54.6 Å². The maximum absolute atomic E-state index is 11.1. The van der Waals surface area contributed by atoms with E-state index < -0.39 is 13.9 Å². The Morgan fingerprint density at radius 1 is 0.926 bits per heavy atom. The molecule has 1 heterocycles. The third kappa shape index (κ3) is 3.64. The van der Waals surface area contributed by atoms with Crippen LogP contribution in [-0.2, 0) is 4.57 Å². The van der Waals surface area contributed by atoms with Crippen molar-refractivity contribution in [2.75, 3.05) is 17.3 Å². The Labute approximate surface area is 155 Å². The van der Waals surface area contributed by atoms with Crippen molar-refractivity contribution in [3.05, 3.63) is 66.7 Å². The molecule has 136 valence electrons. The number of rotatable bonds is 4. The van der Waals surface area contributed by atoms with Gasteiger partial charge in [-0.25, -0.2) is 4.98 Å². The molecule has 0 aliphatic heterocycles. The highest BCUT2D eigenvalue weighted by atomic mass is 31.2. The summed E-state index contributed by atoms with van der Waals surface area (Å²) < 4.78 is 11.1. The Balaban J connectivity index is 1.92. The molecular weight excluding hydrogens is 361 g/mol. The van der Waals surface area contributed by atoms with E-state index in [1.54, 1.807) is 6.07 Å². The zero-order chi connectivity index (χ0) is 19.0. The zero-order valence-corrected chi connectivity index (χ0v) is 15.2. The molecule has 0 aliphatic carbocycles. The smallest absolute Gasteiger partial charge is 0.344 e. The molecule has 0 aliphatic rings. The lowest BCUT2D eigenvalue weighted by atomic mass is 9.96. The lowest BCUT2D eigenvalue weighted by molar-refractivity contribution is 0.375. The van der Waals surface area contributed by atoms with E-state index in [0.29, 0.717) is 11.5 Å². The third-order valence-corrected chi connectivity index (χ3v) is 4.93. The Kier molecular flexibility index (Phi) is 4.32. The number of hydrogen-bond donors (Lipinski definition) is 4.